The molecule has 7 aromatic carbocycles. The second-order valence-corrected chi connectivity index (χ2v) is 12.2. The molecule has 9 rings (SSSR count). The van der Waals surface area contributed by atoms with Crippen LogP contribution in [0.1, 0.15) is 22.9 Å². The van der Waals surface area contributed by atoms with Gasteiger partial charge in [-0.25, -0.2) is 9.98 Å². The molecule has 1 N–H and O–H groups in total. The Balaban J connectivity index is 1.07. The van der Waals surface area contributed by atoms with Gasteiger partial charge >= 0.3 is 0 Å². The Morgan fingerprint density at radius 3 is 1.57 bits per heavy atom. The molecular weight excluding hydrogens is 599 g/mol. The molecule has 1 atom stereocenters. The van der Waals surface area contributed by atoms with Gasteiger partial charge in [0.05, 0.1) is 0 Å². The Morgan fingerprint density at radius 1 is 0.408 bits per heavy atom. The van der Waals surface area contributed by atoms with Crippen molar-refractivity contribution < 1.29 is 4.42 Å². The van der Waals surface area contributed by atoms with Gasteiger partial charge in [0.2, 0.25) is 0 Å². The molecule has 49 heavy (non-hydrogen) atoms. The number of nitrogens with one attached hydrogen (secondary N) is 1. The molecule has 0 radical (unpaired) electrons. The third-order valence-electron chi connectivity index (χ3n) is 9.17. The number of furan rings is 1. The Bertz CT molecular complexity index is 2490. The van der Waals surface area contributed by atoms with Gasteiger partial charge in [-0.15, -0.1) is 0 Å². The lowest BCUT2D eigenvalue weighted by Crippen LogP contribution is -2.36. The predicted molar refractivity (Wildman–Crippen MR) is 202 cm³/mol. The van der Waals surface area contributed by atoms with Gasteiger partial charge in [-0.3, -0.25) is 0 Å². The summed E-state index contributed by atoms with van der Waals surface area (Å²) in [6, 6.07) is 61.1. The van der Waals surface area contributed by atoms with E-state index in [0.29, 0.717) is 0 Å². The van der Waals surface area contributed by atoms with Crippen molar-refractivity contribution in [1.82, 2.24) is 5.32 Å². The first-order valence-electron chi connectivity index (χ1n) is 16.5. The average Bonchev–Trinajstić information content (AvgIpc) is 3.58. The molecule has 0 spiro atoms. The topological polar surface area (TPSA) is 49.9 Å². The standard InChI is InChI=1S/C45H31N3O/c1-3-11-30(12-4-1)31-21-23-32(24-22-31)33-25-27-35(28-26-33)44-46-43(34-13-5-2-6-14-34)47-45(48-44)37-16-9-15-36(29-37)38-18-10-20-41-42(38)39-17-7-8-19-40(39)49-41/h1-29,45H,(H,46,47,48). The highest BCUT2D eigenvalue weighted by molar-refractivity contribution is 6.16. The predicted octanol–water partition coefficient (Wildman–Crippen LogP) is 11.1. The van der Waals surface area contributed by atoms with Crippen molar-refractivity contribution in [3.63, 3.8) is 0 Å². The van der Waals surface area contributed by atoms with Crippen molar-refractivity contribution in [3.05, 3.63) is 193 Å². The van der Waals surface area contributed by atoms with Gasteiger partial charge in [0, 0.05) is 21.9 Å². The number of hydrogen-bond acceptors (Lipinski definition) is 4. The monoisotopic (exact) mass is 629 g/mol. The lowest BCUT2D eigenvalue weighted by Gasteiger charge is -2.23. The van der Waals surface area contributed by atoms with Crippen LogP contribution in [0.2, 0.25) is 0 Å². The number of aliphatic imine (C=N–C) groups is 2. The van der Waals surface area contributed by atoms with Gasteiger partial charge in [-0.05, 0) is 57.1 Å². The SMILES string of the molecule is c1ccc(C2=NC(c3cccc(-c4cccc5oc6ccccc6c45)c3)N=C(c3ccc(-c4ccc(-c5ccccc5)cc4)cc3)N2)cc1. The molecule has 0 saturated carbocycles. The number of benzene rings is 7. The van der Waals surface area contributed by atoms with Crippen LogP contribution in [0.15, 0.2) is 190 Å². The zero-order valence-electron chi connectivity index (χ0n) is 26.6. The van der Waals surface area contributed by atoms with E-state index >= 15 is 0 Å². The van der Waals surface area contributed by atoms with E-state index < -0.39 is 6.17 Å². The summed E-state index contributed by atoms with van der Waals surface area (Å²) in [5.41, 5.74) is 11.8. The Hall–Kier alpha value is -6.52. The summed E-state index contributed by atoms with van der Waals surface area (Å²) in [7, 11) is 0. The van der Waals surface area contributed by atoms with E-state index in [9.17, 15) is 0 Å². The molecular formula is C45H31N3O. The minimum atomic E-state index is -0.420. The largest absolute Gasteiger partial charge is 0.456 e. The molecule has 232 valence electrons. The van der Waals surface area contributed by atoms with Crippen LogP contribution in [0.5, 0.6) is 0 Å². The summed E-state index contributed by atoms with van der Waals surface area (Å²) in [6.07, 6.45) is -0.420. The van der Waals surface area contributed by atoms with Gasteiger partial charge in [0.1, 0.15) is 22.8 Å². The molecule has 0 bridgehead atoms. The highest BCUT2D eigenvalue weighted by atomic mass is 16.3. The van der Waals surface area contributed by atoms with Crippen LogP contribution in [0.4, 0.5) is 0 Å². The average molecular weight is 630 g/mol. The van der Waals surface area contributed by atoms with Crippen LogP contribution in [-0.4, -0.2) is 11.7 Å². The van der Waals surface area contributed by atoms with Crippen LogP contribution in [0, 0.1) is 0 Å². The second kappa shape index (κ2) is 12.3. The molecule has 0 saturated heterocycles. The zero-order valence-corrected chi connectivity index (χ0v) is 26.6. The Kier molecular flexibility index (Phi) is 7.17. The molecule has 1 aliphatic rings. The lowest BCUT2D eigenvalue weighted by atomic mass is 9.97. The van der Waals surface area contributed by atoms with E-state index in [4.69, 9.17) is 14.4 Å². The van der Waals surface area contributed by atoms with Crippen LogP contribution < -0.4 is 5.32 Å². The summed E-state index contributed by atoms with van der Waals surface area (Å²) in [5.74, 6) is 1.59. The number of amidine groups is 2. The Morgan fingerprint density at radius 2 is 0.898 bits per heavy atom. The molecule has 0 amide bonds. The first kappa shape index (κ1) is 28.7. The number of rotatable bonds is 6. The van der Waals surface area contributed by atoms with Crippen molar-refractivity contribution >= 4 is 33.6 Å². The van der Waals surface area contributed by atoms with E-state index in [0.717, 1.165) is 67.0 Å². The quantitative estimate of drug-likeness (QED) is 0.199. The normalized spacial score (nSPS) is 14.3. The first-order chi connectivity index (χ1) is 24.3. The number of fused-ring (bicyclic) bond motifs is 3. The lowest BCUT2D eigenvalue weighted by molar-refractivity contribution is 0.669. The zero-order chi connectivity index (χ0) is 32.6. The van der Waals surface area contributed by atoms with Crippen molar-refractivity contribution in [3.8, 4) is 33.4 Å². The number of nitrogens with zero attached hydrogens (tertiary/aromatic N) is 2. The van der Waals surface area contributed by atoms with Crippen molar-refractivity contribution in [2.45, 2.75) is 6.17 Å². The second-order valence-electron chi connectivity index (χ2n) is 12.2. The molecule has 8 aromatic rings. The fraction of sp³-hybridized carbons (Fsp3) is 0.0222. The van der Waals surface area contributed by atoms with Gasteiger partial charge in [0.25, 0.3) is 0 Å². The molecule has 0 fully saturated rings. The van der Waals surface area contributed by atoms with Crippen LogP contribution in [-0.2, 0) is 0 Å². The van der Waals surface area contributed by atoms with Gasteiger partial charge < -0.3 is 9.73 Å². The highest BCUT2D eigenvalue weighted by Crippen LogP contribution is 2.38. The van der Waals surface area contributed by atoms with Gasteiger partial charge in [-0.2, -0.15) is 0 Å². The first-order valence-corrected chi connectivity index (χ1v) is 16.5. The molecule has 4 heteroatoms. The Labute approximate surface area is 284 Å². The highest BCUT2D eigenvalue weighted by Gasteiger charge is 2.22. The molecule has 2 heterocycles. The number of para-hydroxylation sites is 1. The minimum absolute atomic E-state index is 0.420. The molecule has 1 aromatic heterocycles. The van der Waals surface area contributed by atoms with E-state index in [1.165, 1.54) is 16.7 Å². The molecule has 4 nitrogen and oxygen atoms in total. The third-order valence-corrected chi connectivity index (χ3v) is 9.17. The maximum atomic E-state index is 6.20. The summed E-state index contributed by atoms with van der Waals surface area (Å²) in [6.45, 7) is 0. The fourth-order valence-corrected chi connectivity index (χ4v) is 6.68. The summed E-state index contributed by atoms with van der Waals surface area (Å²) in [4.78, 5) is 10.3. The van der Waals surface area contributed by atoms with Crippen LogP contribution in [0.3, 0.4) is 0 Å². The minimum Gasteiger partial charge on any atom is -0.456 e. The number of hydrogen-bond donors (Lipinski definition) is 1. The smallest absolute Gasteiger partial charge is 0.169 e. The van der Waals surface area contributed by atoms with E-state index in [2.05, 4.69) is 139 Å². The van der Waals surface area contributed by atoms with E-state index in [-0.39, 0.29) is 0 Å². The van der Waals surface area contributed by atoms with Crippen molar-refractivity contribution in [2.75, 3.05) is 0 Å². The van der Waals surface area contributed by atoms with Crippen LogP contribution >= 0.6 is 0 Å². The third kappa shape index (κ3) is 5.49. The van der Waals surface area contributed by atoms with Crippen molar-refractivity contribution in [1.29, 1.82) is 0 Å². The van der Waals surface area contributed by atoms with E-state index in [1.54, 1.807) is 0 Å². The van der Waals surface area contributed by atoms with Crippen LogP contribution in [0.25, 0.3) is 55.3 Å². The maximum Gasteiger partial charge on any atom is 0.169 e. The van der Waals surface area contributed by atoms with E-state index in [1.807, 2.05) is 42.5 Å². The molecule has 1 unspecified atom stereocenters. The summed E-state index contributed by atoms with van der Waals surface area (Å²) in [5, 5.41) is 5.78. The summed E-state index contributed by atoms with van der Waals surface area (Å²) >= 11 is 0. The van der Waals surface area contributed by atoms with Gasteiger partial charge in [0.15, 0.2) is 6.17 Å². The summed E-state index contributed by atoms with van der Waals surface area (Å²) < 4.78 is 6.20. The molecule has 1 aliphatic heterocycles. The van der Waals surface area contributed by atoms with Crippen molar-refractivity contribution in [2.24, 2.45) is 9.98 Å². The van der Waals surface area contributed by atoms with Gasteiger partial charge in [-0.1, -0.05) is 158 Å². The maximum absolute atomic E-state index is 6.20. The molecule has 0 aliphatic carbocycles. The fourth-order valence-electron chi connectivity index (χ4n) is 6.68.